The van der Waals surface area contributed by atoms with E-state index in [9.17, 15) is 9.90 Å². The van der Waals surface area contributed by atoms with Gasteiger partial charge in [0.2, 0.25) is 0 Å². The molecule has 5 heteroatoms. The van der Waals surface area contributed by atoms with E-state index in [1.54, 1.807) is 28.9 Å². The summed E-state index contributed by atoms with van der Waals surface area (Å²) < 4.78 is 1.75. The van der Waals surface area contributed by atoms with Gasteiger partial charge in [-0.1, -0.05) is 30.7 Å². The molecule has 0 saturated carbocycles. The van der Waals surface area contributed by atoms with E-state index >= 15 is 0 Å². The number of hydrogen-bond donors (Lipinski definition) is 1. The highest BCUT2D eigenvalue weighted by Gasteiger charge is 2.22. The van der Waals surface area contributed by atoms with Crippen LogP contribution in [0.2, 0.25) is 5.02 Å². The Labute approximate surface area is 123 Å². The largest absolute Gasteiger partial charge is 0.481 e. The van der Waals surface area contributed by atoms with E-state index in [1.165, 1.54) is 0 Å². The molecule has 2 rings (SSSR count). The molecule has 1 heterocycles. The van der Waals surface area contributed by atoms with Crippen LogP contribution in [0, 0.1) is 0 Å². The fraction of sp³-hybridized carbons (Fsp3) is 0.333. The third-order valence-electron chi connectivity index (χ3n) is 3.37. The zero-order valence-corrected chi connectivity index (χ0v) is 12.3. The van der Waals surface area contributed by atoms with Crippen LogP contribution in [-0.4, -0.2) is 20.9 Å². The molecular weight excluding hydrogens is 276 g/mol. The van der Waals surface area contributed by atoms with Crippen molar-refractivity contribution in [3.05, 3.63) is 52.3 Å². The quantitative estimate of drug-likeness (QED) is 0.921. The summed E-state index contributed by atoms with van der Waals surface area (Å²) in [6.45, 7) is 2.03. The summed E-state index contributed by atoms with van der Waals surface area (Å²) in [7, 11) is 1.84. The first-order valence-corrected chi connectivity index (χ1v) is 6.89. The van der Waals surface area contributed by atoms with Gasteiger partial charge >= 0.3 is 5.97 Å². The predicted molar refractivity (Wildman–Crippen MR) is 78.1 cm³/mol. The molecule has 0 aliphatic heterocycles. The first-order valence-electron chi connectivity index (χ1n) is 6.51. The summed E-state index contributed by atoms with van der Waals surface area (Å²) in [6.07, 6.45) is 1.26. The SMILES string of the molecule is CCc1cc(CC(C(=O)O)c2ccc(Cl)cc2)n(C)n1. The Hall–Kier alpha value is -1.81. The van der Waals surface area contributed by atoms with Gasteiger partial charge in [-0.3, -0.25) is 9.48 Å². The Morgan fingerprint density at radius 1 is 1.40 bits per heavy atom. The predicted octanol–water partition coefficient (Wildman–Crippen LogP) is 3.05. The van der Waals surface area contributed by atoms with Crippen LogP contribution in [-0.2, 0) is 24.7 Å². The lowest BCUT2D eigenvalue weighted by atomic mass is 9.94. The lowest BCUT2D eigenvalue weighted by Crippen LogP contribution is -2.16. The van der Waals surface area contributed by atoms with Crippen LogP contribution >= 0.6 is 11.6 Å². The van der Waals surface area contributed by atoms with E-state index in [-0.39, 0.29) is 0 Å². The summed E-state index contributed by atoms with van der Waals surface area (Å²) in [4.78, 5) is 11.5. The van der Waals surface area contributed by atoms with Crippen molar-refractivity contribution in [2.45, 2.75) is 25.7 Å². The van der Waals surface area contributed by atoms with Gasteiger partial charge < -0.3 is 5.11 Å². The monoisotopic (exact) mass is 292 g/mol. The molecule has 2 aromatic rings. The van der Waals surface area contributed by atoms with Crippen LogP contribution in [0.15, 0.2) is 30.3 Å². The van der Waals surface area contributed by atoms with Gasteiger partial charge in [0.25, 0.3) is 0 Å². The number of hydrogen-bond acceptors (Lipinski definition) is 2. The van der Waals surface area contributed by atoms with Gasteiger partial charge in [-0.25, -0.2) is 0 Å². The van der Waals surface area contributed by atoms with Gasteiger partial charge in [0, 0.05) is 24.2 Å². The van der Waals surface area contributed by atoms with Gasteiger partial charge in [-0.15, -0.1) is 0 Å². The van der Waals surface area contributed by atoms with Gasteiger partial charge in [0.1, 0.15) is 0 Å². The molecule has 0 spiro atoms. The topological polar surface area (TPSA) is 55.1 Å². The molecule has 0 aliphatic carbocycles. The Morgan fingerprint density at radius 3 is 2.55 bits per heavy atom. The molecule has 1 unspecified atom stereocenters. The Balaban J connectivity index is 2.27. The van der Waals surface area contributed by atoms with E-state index < -0.39 is 11.9 Å². The van der Waals surface area contributed by atoms with Crippen molar-refractivity contribution in [3.8, 4) is 0 Å². The van der Waals surface area contributed by atoms with Crippen LogP contribution in [0.3, 0.4) is 0 Å². The van der Waals surface area contributed by atoms with E-state index in [0.717, 1.165) is 23.4 Å². The molecule has 0 bridgehead atoms. The number of rotatable bonds is 5. The van der Waals surface area contributed by atoms with E-state index in [0.29, 0.717) is 11.4 Å². The van der Waals surface area contributed by atoms with Crippen LogP contribution in [0.5, 0.6) is 0 Å². The molecule has 20 heavy (non-hydrogen) atoms. The third kappa shape index (κ3) is 3.20. The summed E-state index contributed by atoms with van der Waals surface area (Å²) in [6, 6.07) is 8.92. The molecule has 0 radical (unpaired) electrons. The number of nitrogens with zero attached hydrogens (tertiary/aromatic N) is 2. The molecule has 0 saturated heterocycles. The lowest BCUT2D eigenvalue weighted by Gasteiger charge is -2.13. The highest BCUT2D eigenvalue weighted by atomic mass is 35.5. The molecule has 1 aromatic carbocycles. The molecule has 0 amide bonds. The van der Waals surface area contributed by atoms with Gasteiger partial charge in [0.15, 0.2) is 0 Å². The van der Waals surface area contributed by atoms with Crippen LogP contribution < -0.4 is 0 Å². The van der Waals surface area contributed by atoms with Crippen molar-refractivity contribution >= 4 is 17.6 Å². The van der Waals surface area contributed by atoms with Crippen LogP contribution in [0.25, 0.3) is 0 Å². The normalized spacial score (nSPS) is 12.3. The average molecular weight is 293 g/mol. The summed E-state index contributed by atoms with van der Waals surface area (Å²) in [5.74, 6) is -1.43. The number of halogens is 1. The summed E-state index contributed by atoms with van der Waals surface area (Å²) in [5.41, 5.74) is 2.65. The number of benzene rings is 1. The van der Waals surface area contributed by atoms with Gasteiger partial charge in [-0.05, 0) is 30.2 Å². The maximum absolute atomic E-state index is 11.5. The molecule has 1 atom stereocenters. The van der Waals surface area contributed by atoms with E-state index in [2.05, 4.69) is 5.10 Å². The minimum Gasteiger partial charge on any atom is -0.481 e. The maximum Gasteiger partial charge on any atom is 0.311 e. The van der Waals surface area contributed by atoms with Crippen LogP contribution in [0.1, 0.15) is 29.8 Å². The number of carbonyl (C=O) groups is 1. The minimum atomic E-state index is -0.841. The number of carboxylic acids is 1. The molecular formula is C15H17ClN2O2. The minimum absolute atomic E-state index is 0.417. The highest BCUT2D eigenvalue weighted by Crippen LogP contribution is 2.23. The molecule has 106 valence electrons. The van der Waals surface area contributed by atoms with Crippen molar-refractivity contribution in [1.82, 2.24) is 9.78 Å². The van der Waals surface area contributed by atoms with E-state index in [4.69, 9.17) is 11.6 Å². The van der Waals surface area contributed by atoms with E-state index in [1.807, 2.05) is 20.0 Å². The van der Waals surface area contributed by atoms with Crippen LogP contribution in [0.4, 0.5) is 0 Å². The molecule has 1 N–H and O–H groups in total. The first kappa shape index (κ1) is 14.6. The Kier molecular flexibility index (Phi) is 4.45. The van der Waals surface area contributed by atoms with Crippen molar-refractivity contribution in [2.24, 2.45) is 7.05 Å². The second kappa shape index (κ2) is 6.09. The first-order chi connectivity index (χ1) is 9.51. The fourth-order valence-corrected chi connectivity index (χ4v) is 2.31. The molecule has 4 nitrogen and oxygen atoms in total. The van der Waals surface area contributed by atoms with Crippen molar-refractivity contribution in [2.75, 3.05) is 0 Å². The van der Waals surface area contributed by atoms with Gasteiger partial charge in [0.05, 0.1) is 11.6 Å². The van der Waals surface area contributed by atoms with Crippen molar-refractivity contribution in [1.29, 1.82) is 0 Å². The zero-order chi connectivity index (χ0) is 14.7. The molecule has 1 aromatic heterocycles. The lowest BCUT2D eigenvalue weighted by molar-refractivity contribution is -0.138. The fourth-order valence-electron chi connectivity index (χ4n) is 2.19. The van der Waals surface area contributed by atoms with Gasteiger partial charge in [-0.2, -0.15) is 5.10 Å². The number of carboxylic acid groups (broad SMARTS) is 1. The standard InChI is InChI=1S/C15H17ClN2O2/c1-3-12-8-13(18(2)17-12)9-14(15(19)20)10-4-6-11(16)7-5-10/h4-8,14H,3,9H2,1-2H3,(H,19,20). The summed E-state index contributed by atoms with van der Waals surface area (Å²) >= 11 is 5.84. The van der Waals surface area contributed by atoms with Crippen molar-refractivity contribution < 1.29 is 9.90 Å². The molecule has 0 fully saturated rings. The number of aromatic nitrogens is 2. The van der Waals surface area contributed by atoms with Crippen molar-refractivity contribution in [3.63, 3.8) is 0 Å². The molecule has 0 aliphatic rings. The third-order valence-corrected chi connectivity index (χ3v) is 3.63. The smallest absolute Gasteiger partial charge is 0.311 e. The second-order valence-corrected chi connectivity index (χ2v) is 5.19. The highest BCUT2D eigenvalue weighted by molar-refractivity contribution is 6.30. The Bertz CT molecular complexity index is 605. The Morgan fingerprint density at radius 2 is 2.05 bits per heavy atom. The number of aliphatic carboxylic acids is 1. The number of aryl methyl sites for hydroxylation is 2. The maximum atomic E-state index is 11.5. The summed E-state index contributed by atoms with van der Waals surface area (Å²) in [5, 5.41) is 14.4. The second-order valence-electron chi connectivity index (χ2n) is 4.75. The average Bonchev–Trinajstić information content (AvgIpc) is 2.77. The zero-order valence-electron chi connectivity index (χ0n) is 11.5.